The third-order valence-corrected chi connectivity index (χ3v) is 5.00. The molecule has 4 heteroatoms. The highest BCUT2D eigenvalue weighted by Gasteiger charge is 2.16. The number of primary amides is 1. The molecule has 3 aromatic carbocycles. The Kier molecular flexibility index (Phi) is 3.21. The van der Waals surface area contributed by atoms with Gasteiger partial charge in [-0.15, -0.1) is 0 Å². The normalized spacial score (nSPS) is 11.4. The van der Waals surface area contributed by atoms with Crippen molar-refractivity contribution in [1.29, 1.82) is 0 Å². The minimum absolute atomic E-state index is 0.0962. The van der Waals surface area contributed by atoms with Gasteiger partial charge in [-0.3, -0.25) is 4.79 Å². The number of aromatic hydroxyl groups is 1. The van der Waals surface area contributed by atoms with Crippen LogP contribution in [-0.4, -0.2) is 16.0 Å². The van der Waals surface area contributed by atoms with Crippen LogP contribution in [0.4, 0.5) is 0 Å². The molecule has 2 aliphatic rings. The maximum atomic E-state index is 11.7. The van der Waals surface area contributed by atoms with Crippen molar-refractivity contribution in [3.63, 3.8) is 0 Å². The minimum Gasteiger partial charge on any atom is -0.507 e. The maximum Gasteiger partial charge on any atom is 0.253 e. The summed E-state index contributed by atoms with van der Waals surface area (Å²) in [4.78, 5) is 15.1. The summed E-state index contributed by atoms with van der Waals surface area (Å²) in [5.74, 6) is -0.731. The van der Waals surface area contributed by atoms with Gasteiger partial charge < -0.3 is 15.8 Å². The smallest absolute Gasteiger partial charge is 0.253 e. The molecular weight excluding hydrogens is 336 g/mol. The van der Waals surface area contributed by atoms with E-state index in [1.54, 1.807) is 6.07 Å². The van der Waals surface area contributed by atoms with Crippen molar-refractivity contribution >= 4 is 38.5 Å². The van der Waals surface area contributed by atoms with E-state index in [-0.39, 0.29) is 11.3 Å². The van der Waals surface area contributed by atoms with Crippen LogP contribution in [0.2, 0.25) is 0 Å². The highest BCUT2D eigenvalue weighted by Crippen LogP contribution is 2.36. The van der Waals surface area contributed by atoms with Gasteiger partial charge in [0.05, 0.1) is 11.1 Å². The Bertz CT molecular complexity index is 1350. The lowest BCUT2D eigenvalue weighted by molar-refractivity contribution is 0.0999. The first-order chi connectivity index (χ1) is 13.1. The van der Waals surface area contributed by atoms with E-state index in [0.29, 0.717) is 5.39 Å². The van der Waals surface area contributed by atoms with Gasteiger partial charge in [0, 0.05) is 21.7 Å². The zero-order valence-electron chi connectivity index (χ0n) is 14.4. The number of carbonyl (C=O) groups is 1. The molecule has 6 rings (SSSR count). The third-order valence-electron chi connectivity index (χ3n) is 5.00. The SMILES string of the molecule is NC(=O)c1c(O)ccc2ccc3c4ccccc4[nH]c3c12.c1cc2cc-2c1. The molecule has 0 radical (unpaired) electrons. The van der Waals surface area contributed by atoms with Gasteiger partial charge in [-0.25, -0.2) is 0 Å². The number of aromatic nitrogens is 1. The molecule has 0 bridgehead atoms. The molecule has 4 nitrogen and oxygen atoms in total. The van der Waals surface area contributed by atoms with Crippen LogP contribution < -0.4 is 5.73 Å². The van der Waals surface area contributed by atoms with E-state index >= 15 is 0 Å². The quantitative estimate of drug-likeness (QED) is 0.392. The lowest BCUT2D eigenvalue weighted by Gasteiger charge is -2.07. The number of hydrogen-bond donors (Lipinski definition) is 3. The largest absolute Gasteiger partial charge is 0.507 e. The molecule has 0 unspecified atom stereocenters. The predicted octanol–water partition coefficient (Wildman–Crippen LogP) is 4.95. The molecule has 27 heavy (non-hydrogen) atoms. The van der Waals surface area contributed by atoms with Crippen LogP contribution in [0.5, 0.6) is 5.75 Å². The van der Waals surface area contributed by atoms with Gasteiger partial charge in [-0.2, -0.15) is 0 Å². The van der Waals surface area contributed by atoms with Gasteiger partial charge in [0.2, 0.25) is 0 Å². The summed E-state index contributed by atoms with van der Waals surface area (Å²) in [6.45, 7) is 0. The zero-order chi connectivity index (χ0) is 18.5. The average Bonchev–Trinajstić information content (AvgIpc) is 3.10. The van der Waals surface area contributed by atoms with E-state index in [9.17, 15) is 9.90 Å². The Labute approximate surface area is 154 Å². The van der Waals surface area contributed by atoms with Crippen LogP contribution in [0.1, 0.15) is 10.4 Å². The second kappa shape index (κ2) is 5.61. The van der Waals surface area contributed by atoms with E-state index in [0.717, 1.165) is 27.2 Å². The van der Waals surface area contributed by atoms with Gasteiger partial charge in [0.15, 0.2) is 0 Å². The van der Waals surface area contributed by atoms with E-state index in [1.165, 1.54) is 17.2 Å². The predicted molar refractivity (Wildman–Crippen MR) is 109 cm³/mol. The number of nitrogens with two attached hydrogens (primary N) is 1. The van der Waals surface area contributed by atoms with Crippen molar-refractivity contribution in [2.45, 2.75) is 0 Å². The molecule has 1 amide bonds. The summed E-state index contributed by atoms with van der Waals surface area (Å²) in [6, 6.07) is 23.6. The van der Waals surface area contributed by atoms with Crippen molar-refractivity contribution < 1.29 is 9.90 Å². The van der Waals surface area contributed by atoms with Gasteiger partial charge in [-0.1, -0.05) is 54.6 Å². The van der Waals surface area contributed by atoms with Gasteiger partial charge in [-0.05, 0) is 34.7 Å². The summed E-state index contributed by atoms with van der Waals surface area (Å²) < 4.78 is 0. The lowest BCUT2D eigenvalue weighted by Crippen LogP contribution is -2.11. The van der Waals surface area contributed by atoms with Crippen molar-refractivity contribution in [3.05, 3.63) is 78.4 Å². The lowest BCUT2D eigenvalue weighted by atomic mass is 10.00. The molecule has 0 atom stereocenters. The van der Waals surface area contributed by atoms with E-state index in [1.807, 2.05) is 36.4 Å². The maximum absolute atomic E-state index is 11.7. The first-order valence-corrected chi connectivity index (χ1v) is 8.69. The van der Waals surface area contributed by atoms with Gasteiger partial charge in [0.25, 0.3) is 5.91 Å². The number of rotatable bonds is 1. The molecule has 0 spiro atoms. The summed E-state index contributed by atoms with van der Waals surface area (Å²) in [6.07, 6.45) is 0. The van der Waals surface area contributed by atoms with Crippen LogP contribution in [0.15, 0.2) is 72.8 Å². The molecule has 4 N–H and O–H groups in total. The van der Waals surface area contributed by atoms with Crippen LogP contribution in [0.25, 0.3) is 43.7 Å². The first kappa shape index (κ1) is 15.5. The van der Waals surface area contributed by atoms with Crippen LogP contribution >= 0.6 is 0 Å². The number of nitrogens with one attached hydrogen (secondary N) is 1. The number of aromatic amines is 1. The molecule has 0 saturated heterocycles. The molecule has 0 saturated carbocycles. The minimum atomic E-state index is -0.635. The number of para-hydroxylation sites is 1. The van der Waals surface area contributed by atoms with E-state index in [2.05, 4.69) is 29.2 Å². The molecule has 0 aliphatic heterocycles. The molecular formula is C23H16N2O2. The van der Waals surface area contributed by atoms with Crippen molar-refractivity contribution in [3.8, 4) is 16.9 Å². The Morgan fingerprint density at radius 1 is 0.852 bits per heavy atom. The third kappa shape index (κ3) is 2.42. The second-order valence-corrected chi connectivity index (χ2v) is 6.66. The number of hydrogen-bond acceptors (Lipinski definition) is 2. The van der Waals surface area contributed by atoms with Crippen molar-refractivity contribution in [1.82, 2.24) is 4.98 Å². The molecule has 1 aromatic heterocycles. The van der Waals surface area contributed by atoms with E-state index < -0.39 is 5.91 Å². The molecule has 0 fully saturated rings. The topological polar surface area (TPSA) is 79.1 Å². The summed E-state index contributed by atoms with van der Waals surface area (Å²) in [7, 11) is 0. The Morgan fingerprint density at radius 2 is 1.59 bits per heavy atom. The molecule has 4 aromatic rings. The number of benzene rings is 4. The fourth-order valence-corrected chi connectivity index (χ4v) is 3.65. The Balaban J connectivity index is 0.000000224. The second-order valence-electron chi connectivity index (χ2n) is 6.66. The highest BCUT2D eigenvalue weighted by atomic mass is 16.3. The molecule has 1 heterocycles. The number of phenols is 1. The summed E-state index contributed by atoms with van der Waals surface area (Å²) in [5, 5.41) is 13.6. The highest BCUT2D eigenvalue weighted by molar-refractivity contribution is 6.22. The first-order valence-electron chi connectivity index (χ1n) is 8.69. The Morgan fingerprint density at radius 3 is 2.26 bits per heavy atom. The average molecular weight is 352 g/mol. The fourth-order valence-electron chi connectivity index (χ4n) is 3.65. The number of carbonyl (C=O) groups excluding carboxylic acids is 1. The molecule has 2 aliphatic carbocycles. The number of fused-ring (bicyclic) bond motifs is 6. The van der Waals surface area contributed by atoms with Crippen LogP contribution in [-0.2, 0) is 0 Å². The summed E-state index contributed by atoms with van der Waals surface area (Å²) in [5.41, 5.74) is 10.3. The van der Waals surface area contributed by atoms with Crippen molar-refractivity contribution in [2.75, 3.05) is 0 Å². The fraction of sp³-hybridized carbons (Fsp3) is 0. The summed E-state index contributed by atoms with van der Waals surface area (Å²) >= 11 is 0. The Hall–Kier alpha value is -3.79. The number of amides is 1. The van der Waals surface area contributed by atoms with Gasteiger partial charge >= 0.3 is 0 Å². The van der Waals surface area contributed by atoms with Crippen LogP contribution in [0, 0.1) is 0 Å². The standard InChI is InChI=1S/C17H12N2O2.C6H4/c18-17(21)15-13(20)8-6-9-5-7-11-10-3-1-2-4-12(10)19-16(11)14(9)15;1-2-5-4-6(5)3-1/h1-8,19-20H,(H2,18,21);1-4H. The monoisotopic (exact) mass is 352 g/mol. The zero-order valence-corrected chi connectivity index (χ0v) is 14.4. The van der Waals surface area contributed by atoms with Gasteiger partial charge in [0.1, 0.15) is 5.75 Å². The van der Waals surface area contributed by atoms with Crippen LogP contribution in [0.3, 0.4) is 0 Å². The number of H-pyrrole nitrogens is 1. The van der Waals surface area contributed by atoms with Crippen molar-refractivity contribution in [2.24, 2.45) is 5.73 Å². The van der Waals surface area contributed by atoms with E-state index in [4.69, 9.17) is 5.73 Å². The molecule has 130 valence electrons.